The molecule has 0 aliphatic carbocycles. The van der Waals surface area contributed by atoms with Crippen molar-refractivity contribution in [3.8, 4) is 11.5 Å². The summed E-state index contributed by atoms with van der Waals surface area (Å²) in [5.74, 6) is 0.613. The second kappa shape index (κ2) is 9.31. The molecule has 1 N–H and O–H groups in total. The van der Waals surface area contributed by atoms with Gasteiger partial charge < -0.3 is 14.8 Å². The molecular weight excluding hydrogens is 443 g/mol. The van der Waals surface area contributed by atoms with E-state index in [2.05, 4.69) is 5.32 Å². The molecule has 3 aromatic rings. The number of benzene rings is 2. The smallest absolute Gasteiger partial charge is 0.252 e. The number of halogens is 1. The van der Waals surface area contributed by atoms with Gasteiger partial charge in [0.05, 0.1) is 12.8 Å². The highest BCUT2D eigenvalue weighted by atomic mass is 32.2. The molecule has 1 aliphatic heterocycles. The average molecular weight is 469 g/mol. The fourth-order valence-electron chi connectivity index (χ4n) is 3.79. The molecule has 0 saturated heterocycles. The Morgan fingerprint density at radius 3 is 2.73 bits per heavy atom. The number of nitrogens with one attached hydrogen (secondary N) is 1. The number of aryl methyl sites for hydroxylation is 2. The minimum atomic E-state index is -0.777. The van der Waals surface area contributed by atoms with E-state index in [4.69, 9.17) is 9.47 Å². The van der Waals surface area contributed by atoms with Gasteiger partial charge in [-0.2, -0.15) is 0 Å². The number of methoxy groups -OCH3 is 1. The molecule has 1 aromatic heterocycles. The zero-order chi connectivity index (χ0) is 23.7. The van der Waals surface area contributed by atoms with Gasteiger partial charge in [0.2, 0.25) is 5.91 Å². The number of hydrogen-bond acceptors (Lipinski definition) is 5. The standard InChI is InChI=1S/C25H25FN2O4S/c1-14-8-9-19(18(26)10-14)27-24(30)20-13-33-25-23(31-4)17(11-22(29)28(20)25)12-32-21-7-5-6-15(2)16(21)3/h5-11,20H,12-13H2,1-4H3,(H,27,30)/t20-/m0/s1. The Morgan fingerprint density at radius 2 is 2.00 bits per heavy atom. The number of fused-ring (bicyclic) bond motifs is 1. The number of aromatic nitrogens is 1. The second-order valence-corrected chi connectivity index (χ2v) is 9.01. The first kappa shape index (κ1) is 22.9. The van der Waals surface area contributed by atoms with Crippen LogP contribution in [0.15, 0.2) is 52.3 Å². The van der Waals surface area contributed by atoms with E-state index in [1.165, 1.54) is 41.6 Å². The Kier molecular flexibility index (Phi) is 6.47. The first-order valence-electron chi connectivity index (χ1n) is 10.5. The molecule has 0 spiro atoms. The molecule has 2 heterocycles. The largest absolute Gasteiger partial charge is 0.494 e. The van der Waals surface area contributed by atoms with Gasteiger partial charge >= 0.3 is 0 Å². The summed E-state index contributed by atoms with van der Waals surface area (Å²) >= 11 is 1.36. The summed E-state index contributed by atoms with van der Waals surface area (Å²) in [6.07, 6.45) is 0. The molecule has 1 atom stereocenters. The predicted octanol–water partition coefficient (Wildman–Crippen LogP) is 4.79. The predicted molar refractivity (Wildman–Crippen MR) is 127 cm³/mol. The van der Waals surface area contributed by atoms with Crippen LogP contribution >= 0.6 is 11.8 Å². The molecule has 172 valence electrons. The fourth-order valence-corrected chi connectivity index (χ4v) is 5.10. The van der Waals surface area contributed by atoms with Gasteiger partial charge in [-0.3, -0.25) is 14.2 Å². The van der Waals surface area contributed by atoms with Gasteiger partial charge in [-0.15, -0.1) is 11.8 Å². The number of rotatable bonds is 6. The summed E-state index contributed by atoms with van der Waals surface area (Å²) in [7, 11) is 1.53. The van der Waals surface area contributed by atoms with E-state index in [1.807, 2.05) is 32.0 Å². The first-order chi connectivity index (χ1) is 15.8. The fraction of sp³-hybridized carbons (Fsp3) is 0.280. The lowest BCUT2D eigenvalue weighted by atomic mass is 10.1. The molecule has 2 aromatic carbocycles. The lowest BCUT2D eigenvalue weighted by molar-refractivity contribution is -0.118. The maximum Gasteiger partial charge on any atom is 0.252 e. The topological polar surface area (TPSA) is 69.6 Å². The first-order valence-corrected chi connectivity index (χ1v) is 11.5. The van der Waals surface area contributed by atoms with Crippen molar-refractivity contribution in [1.29, 1.82) is 0 Å². The summed E-state index contributed by atoms with van der Waals surface area (Å²) in [4.78, 5) is 25.9. The monoisotopic (exact) mass is 468 g/mol. The van der Waals surface area contributed by atoms with Gasteiger partial charge in [0, 0.05) is 17.4 Å². The van der Waals surface area contributed by atoms with Crippen LogP contribution in [0.1, 0.15) is 28.3 Å². The Morgan fingerprint density at radius 1 is 1.21 bits per heavy atom. The van der Waals surface area contributed by atoms with Crippen LogP contribution in [0.3, 0.4) is 0 Å². The van der Waals surface area contributed by atoms with Gasteiger partial charge in [0.1, 0.15) is 29.2 Å². The molecule has 8 heteroatoms. The molecule has 0 fully saturated rings. The highest BCUT2D eigenvalue weighted by Crippen LogP contribution is 2.40. The summed E-state index contributed by atoms with van der Waals surface area (Å²) < 4.78 is 27.2. The van der Waals surface area contributed by atoms with Crippen molar-refractivity contribution in [2.24, 2.45) is 0 Å². The quantitative estimate of drug-likeness (QED) is 0.564. The van der Waals surface area contributed by atoms with E-state index < -0.39 is 17.8 Å². The van der Waals surface area contributed by atoms with E-state index in [0.717, 1.165) is 22.4 Å². The number of carbonyl (C=O) groups is 1. The van der Waals surface area contributed by atoms with E-state index >= 15 is 0 Å². The summed E-state index contributed by atoms with van der Waals surface area (Å²) in [6.45, 7) is 5.92. The van der Waals surface area contributed by atoms with Gasteiger partial charge in [0.15, 0.2) is 5.75 Å². The maximum atomic E-state index is 14.2. The number of anilines is 1. The van der Waals surface area contributed by atoms with Crippen molar-refractivity contribution in [1.82, 2.24) is 4.57 Å². The van der Waals surface area contributed by atoms with Crippen molar-refractivity contribution in [3.05, 3.63) is 80.9 Å². The zero-order valence-electron chi connectivity index (χ0n) is 18.9. The molecule has 4 rings (SSSR count). The highest BCUT2D eigenvalue weighted by Gasteiger charge is 2.34. The van der Waals surface area contributed by atoms with Crippen LogP contribution in [0.4, 0.5) is 10.1 Å². The molecule has 33 heavy (non-hydrogen) atoms. The van der Waals surface area contributed by atoms with E-state index in [0.29, 0.717) is 22.1 Å². The number of pyridine rings is 1. The average Bonchev–Trinajstić information content (AvgIpc) is 3.23. The van der Waals surface area contributed by atoms with E-state index in [1.54, 1.807) is 13.0 Å². The van der Waals surface area contributed by atoms with Gasteiger partial charge in [0.25, 0.3) is 5.56 Å². The van der Waals surface area contributed by atoms with Crippen LogP contribution < -0.4 is 20.3 Å². The van der Waals surface area contributed by atoms with Crippen molar-refractivity contribution in [2.75, 3.05) is 18.2 Å². The van der Waals surface area contributed by atoms with Crippen LogP contribution in [0, 0.1) is 26.6 Å². The third-order valence-corrected chi connectivity index (χ3v) is 6.89. The Bertz CT molecular complexity index is 1290. The number of hydrogen-bond donors (Lipinski definition) is 1. The minimum Gasteiger partial charge on any atom is -0.494 e. The van der Waals surface area contributed by atoms with Crippen LogP contribution in [0.25, 0.3) is 0 Å². The number of ether oxygens (including phenoxy) is 2. The Balaban J connectivity index is 1.60. The van der Waals surface area contributed by atoms with Crippen LogP contribution in [-0.2, 0) is 11.4 Å². The Hall–Kier alpha value is -3.26. The van der Waals surface area contributed by atoms with E-state index in [-0.39, 0.29) is 17.9 Å². The van der Waals surface area contributed by atoms with E-state index in [9.17, 15) is 14.0 Å². The maximum absolute atomic E-state index is 14.2. The SMILES string of the molecule is COc1c(COc2cccc(C)c2C)cc(=O)n2c1SC[C@H]2C(=O)Nc1ccc(C)cc1F. The summed E-state index contributed by atoms with van der Waals surface area (Å²) in [5.41, 5.74) is 3.26. The zero-order valence-corrected chi connectivity index (χ0v) is 19.7. The highest BCUT2D eigenvalue weighted by molar-refractivity contribution is 7.99. The molecule has 1 aliphatic rings. The molecule has 1 amide bonds. The Labute approximate surface area is 195 Å². The number of amides is 1. The molecule has 0 radical (unpaired) electrons. The lowest BCUT2D eigenvalue weighted by Gasteiger charge is -2.18. The summed E-state index contributed by atoms with van der Waals surface area (Å²) in [5, 5.41) is 3.17. The van der Waals surface area contributed by atoms with Crippen molar-refractivity contribution >= 4 is 23.4 Å². The third-order valence-electron chi connectivity index (χ3n) is 5.76. The number of thioether (sulfide) groups is 1. The van der Waals surface area contributed by atoms with Crippen molar-refractivity contribution in [3.63, 3.8) is 0 Å². The number of nitrogens with zero attached hydrogens (tertiary/aromatic N) is 1. The van der Waals surface area contributed by atoms with Gasteiger partial charge in [-0.25, -0.2) is 4.39 Å². The van der Waals surface area contributed by atoms with Gasteiger partial charge in [-0.05, 0) is 55.7 Å². The lowest BCUT2D eigenvalue weighted by Crippen LogP contribution is -2.33. The van der Waals surface area contributed by atoms with Crippen LogP contribution in [-0.4, -0.2) is 23.3 Å². The third kappa shape index (κ3) is 4.48. The van der Waals surface area contributed by atoms with Crippen LogP contribution in [0.5, 0.6) is 11.5 Å². The molecule has 6 nitrogen and oxygen atoms in total. The second-order valence-electron chi connectivity index (χ2n) is 8.00. The van der Waals surface area contributed by atoms with Crippen molar-refractivity contribution in [2.45, 2.75) is 38.4 Å². The number of carbonyl (C=O) groups excluding carboxylic acids is 1. The summed E-state index contributed by atoms with van der Waals surface area (Å²) in [6, 6.07) is 11.1. The normalized spacial score (nSPS) is 14.6. The molecule has 0 bridgehead atoms. The van der Waals surface area contributed by atoms with Crippen LogP contribution in [0.2, 0.25) is 0 Å². The minimum absolute atomic E-state index is 0.0857. The molecule has 0 unspecified atom stereocenters. The van der Waals surface area contributed by atoms with Crippen molar-refractivity contribution < 1.29 is 18.7 Å². The van der Waals surface area contributed by atoms with Gasteiger partial charge in [-0.1, -0.05) is 18.2 Å². The molecular formula is C25H25FN2O4S. The molecule has 0 saturated carbocycles.